The van der Waals surface area contributed by atoms with E-state index < -0.39 is 5.60 Å². The number of rotatable bonds is 6. The summed E-state index contributed by atoms with van der Waals surface area (Å²) in [7, 11) is 0. The van der Waals surface area contributed by atoms with E-state index in [1.165, 1.54) is 5.56 Å². The highest BCUT2D eigenvalue weighted by Crippen LogP contribution is 2.34. The molecule has 2 heterocycles. The minimum atomic E-state index is -0.507. The summed E-state index contributed by atoms with van der Waals surface area (Å²) in [4.78, 5) is 37.4. The standard InChI is InChI=1S/C25H34N6O3/c1-25(2,3)34-24(33)31-13-11-30(12-14-31)22-26-16-20(17-27-22)28-23(32)29-21(19-9-10-19)15-18-7-5-4-6-8-18/h4-8,16-17,19,21H,9-15H2,1-3H3,(H2,28,29,32). The number of nitrogens with one attached hydrogen (secondary N) is 2. The molecule has 1 aliphatic heterocycles. The van der Waals surface area contributed by atoms with Crippen molar-refractivity contribution in [3.8, 4) is 0 Å². The smallest absolute Gasteiger partial charge is 0.410 e. The Balaban J connectivity index is 1.26. The van der Waals surface area contributed by atoms with Crippen LogP contribution < -0.4 is 15.5 Å². The molecule has 0 bridgehead atoms. The minimum absolute atomic E-state index is 0.115. The summed E-state index contributed by atoms with van der Waals surface area (Å²) in [6.07, 6.45) is 6.06. The number of anilines is 2. The zero-order valence-corrected chi connectivity index (χ0v) is 20.2. The second kappa shape index (κ2) is 10.3. The lowest BCUT2D eigenvalue weighted by atomic mass is 10.0. The van der Waals surface area contributed by atoms with E-state index in [-0.39, 0.29) is 18.2 Å². The Morgan fingerprint density at radius 1 is 1.06 bits per heavy atom. The average molecular weight is 467 g/mol. The number of carbonyl (C=O) groups is 2. The molecule has 1 saturated carbocycles. The number of nitrogens with zero attached hydrogens (tertiary/aromatic N) is 4. The van der Waals surface area contributed by atoms with Gasteiger partial charge in [0.25, 0.3) is 0 Å². The lowest BCUT2D eigenvalue weighted by molar-refractivity contribution is 0.0240. The monoisotopic (exact) mass is 466 g/mol. The number of amides is 3. The molecule has 2 aliphatic rings. The van der Waals surface area contributed by atoms with Gasteiger partial charge in [0.1, 0.15) is 5.60 Å². The van der Waals surface area contributed by atoms with Crippen LogP contribution in [0.4, 0.5) is 21.2 Å². The number of benzene rings is 1. The molecule has 9 heteroatoms. The molecule has 182 valence electrons. The van der Waals surface area contributed by atoms with Crippen LogP contribution in [0, 0.1) is 5.92 Å². The molecule has 1 atom stereocenters. The Morgan fingerprint density at radius 2 is 1.71 bits per heavy atom. The molecule has 0 spiro atoms. The molecule has 1 unspecified atom stereocenters. The molecule has 1 aliphatic carbocycles. The van der Waals surface area contributed by atoms with Crippen molar-refractivity contribution in [3.05, 3.63) is 48.3 Å². The van der Waals surface area contributed by atoms with E-state index in [2.05, 4.69) is 32.7 Å². The van der Waals surface area contributed by atoms with Gasteiger partial charge >= 0.3 is 12.1 Å². The molecule has 2 N–H and O–H groups in total. The molecule has 0 radical (unpaired) electrons. The molecular weight excluding hydrogens is 432 g/mol. The van der Waals surface area contributed by atoms with E-state index in [0.29, 0.717) is 43.7 Å². The number of urea groups is 1. The van der Waals surface area contributed by atoms with Crippen molar-refractivity contribution < 1.29 is 14.3 Å². The second-order valence-electron chi connectivity index (χ2n) is 9.96. The topological polar surface area (TPSA) is 99.7 Å². The maximum Gasteiger partial charge on any atom is 0.410 e. The summed E-state index contributed by atoms with van der Waals surface area (Å²) in [5.74, 6) is 1.11. The number of ether oxygens (including phenoxy) is 1. The molecule has 1 aromatic heterocycles. The maximum atomic E-state index is 12.6. The van der Waals surface area contributed by atoms with Crippen molar-refractivity contribution in [1.82, 2.24) is 20.2 Å². The second-order valence-corrected chi connectivity index (χ2v) is 9.96. The first-order chi connectivity index (χ1) is 16.3. The fourth-order valence-corrected chi connectivity index (χ4v) is 4.00. The summed E-state index contributed by atoms with van der Waals surface area (Å²) >= 11 is 0. The van der Waals surface area contributed by atoms with Crippen LogP contribution in [0.2, 0.25) is 0 Å². The van der Waals surface area contributed by atoms with Gasteiger partial charge in [-0.2, -0.15) is 0 Å². The van der Waals surface area contributed by atoms with Gasteiger partial charge < -0.3 is 25.2 Å². The average Bonchev–Trinajstić information content (AvgIpc) is 3.64. The summed E-state index contributed by atoms with van der Waals surface area (Å²) in [6.45, 7) is 7.92. The van der Waals surface area contributed by atoms with Crippen LogP contribution in [-0.2, 0) is 11.2 Å². The van der Waals surface area contributed by atoms with Crippen molar-refractivity contribution in [1.29, 1.82) is 0 Å². The van der Waals surface area contributed by atoms with Crippen LogP contribution in [0.25, 0.3) is 0 Å². The number of piperazine rings is 1. The van der Waals surface area contributed by atoms with Crippen molar-refractivity contribution in [2.24, 2.45) is 5.92 Å². The zero-order valence-electron chi connectivity index (χ0n) is 20.2. The fourth-order valence-electron chi connectivity index (χ4n) is 4.00. The number of hydrogen-bond acceptors (Lipinski definition) is 6. The van der Waals surface area contributed by atoms with Gasteiger partial charge in [0, 0.05) is 32.2 Å². The maximum absolute atomic E-state index is 12.6. The summed E-state index contributed by atoms with van der Waals surface area (Å²) in [5, 5.41) is 5.97. The first kappa shape index (κ1) is 23.8. The van der Waals surface area contributed by atoms with Crippen LogP contribution in [0.15, 0.2) is 42.7 Å². The van der Waals surface area contributed by atoms with Crippen LogP contribution >= 0.6 is 0 Å². The molecule has 3 amide bonds. The van der Waals surface area contributed by atoms with Gasteiger partial charge in [0.05, 0.1) is 18.1 Å². The Kier molecular flexibility index (Phi) is 7.19. The third kappa shape index (κ3) is 6.82. The van der Waals surface area contributed by atoms with E-state index in [1.54, 1.807) is 17.3 Å². The van der Waals surface area contributed by atoms with Crippen molar-refractivity contribution in [2.75, 3.05) is 36.4 Å². The first-order valence-corrected chi connectivity index (χ1v) is 11.9. The van der Waals surface area contributed by atoms with E-state index >= 15 is 0 Å². The van der Waals surface area contributed by atoms with Gasteiger partial charge in [-0.05, 0) is 51.5 Å². The molecule has 2 fully saturated rings. The quantitative estimate of drug-likeness (QED) is 0.674. The lowest BCUT2D eigenvalue weighted by Crippen LogP contribution is -2.50. The Morgan fingerprint density at radius 3 is 2.29 bits per heavy atom. The van der Waals surface area contributed by atoms with E-state index in [9.17, 15) is 9.59 Å². The zero-order chi connectivity index (χ0) is 24.1. The third-order valence-electron chi connectivity index (χ3n) is 5.92. The molecule has 1 aromatic carbocycles. The van der Waals surface area contributed by atoms with Gasteiger partial charge in [-0.25, -0.2) is 19.6 Å². The van der Waals surface area contributed by atoms with E-state index in [4.69, 9.17) is 4.74 Å². The lowest BCUT2D eigenvalue weighted by Gasteiger charge is -2.35. The summed E-state index contributed by atoms with van der Waals surface area (Å²) in [6, 6.07) is 10.1. The Hall–Kier alpha value is -3.36. The van der Waals surface area contributed by atoms with E-state index in [0.717, 1.165) is 19.3 Å². The van der Waals surface area contributed by atoms with Gasteiger partial charge in [-0.15, -0.1) is 0 Å². The van der Waals surface area contributed by atoms with Crippen molar-refractivity contribution in [2.45, 2.75) is 51.7 Å². The van der Waals surface area contributed by atoms with Crippen molar-refractivity contribution >= 4 is 23.8 Å². The predicted molar refractivity (Wildman–Crippen MR) is 131 cm³/mol. The molecule has 34 heavy (non-hydrogen) atoms. The van der Waals surface area contributed by atoms with Gasteiger partial charge in [0.15, 0.2) is 0 Å². The summed E-state index contributed by atoms with van der Waals surface area (Å²) < 4.78 is 5.44. The molecular formula is C25H34N6O3. The highest BCUT2D eigenvalue weighted by molar-refractivity contribution is 5.89. The van der Waals surface area contributed by atoms with Crippen LogP contribution in [0.3, 0.4) is 0 Å². The van der Waals surface area contributed by atoms with Gasteiger partial charge in [-0.3, -0.25) is 0 Å². The first-order valence-electron chi connectivity index (χ1n) is 11.9. The van der Waals surface area contributed by atoms with Crippen LogP contribution in [0.5, 0.6) is 0 Å². The molecule has 1 saturated heterocycles. The minimum Gasteiger partial charge on any atom is -0.444 e. The molecule has 2 aromatic rings. The summed E-state index contributed by atoms with van der Waals surface area (Å²) in [5.41, 5.74) is 1.26. The normalized spacial score (nSPS) is 17.1. The largest absolute Gasteiger partial charge is 0.444 e. The van der Waals surface area contributed by atoms with Crippen LogP contribution in [-0.4, -0.2) is 64.8 Å². The highest BCUT2D eigenvalue weighted by Gasteiger charge is 2.32. The molecule has 9 nitrogen and oxygen atoms in total. The van der Waals surface area contributed by atoms with Crippen LogP contribution in [0.1, 0.15) is 39.2 Å². The number of carbonyl (C=O) groups excluding carboxylic acids is 2. The number of hydrogen-bond donors (Lipinski definition) is 2. The third-order valence-corrected chi connectivity index (χ3v) is 5.92. The molecule has 4 rings (SSSR count). The SMILES string of the molecule is CC(C)(C)OC(=O)N1CCN(c2ncc(NC(=O)NC(Cc3ccccc3)C3CC3)cn2)CC1. The number of aromatic nitrogens is 2. The van der Waals surface area contributed by atoms with Crippen molar-refractivity contribution in [3.63, 3.8) is 0 Å². The Labute approximate surface area is 200 Å². The predicted octanol–water partition coefficient (Wildman–Crippen LogP) is 3.68. The highest BCUT2D eigenvalue weighted by atomic mass is 16.6. The van der Waals surface area contributed by atoms with E-state index in [1.807, 2.05) is 43.9 Å². The van der Waals surface area contributed by atoms with Gasteiger partial charge in [-0.1, -0.05) is 30.3 Å². The fraction of sp³-hybridized carbons (Fsp3) is 0.520. The Bertz CT molecular complexity index is 964. The van der Waals surface area contributed by atoms with Gasteiger partial charge in [0.2, 0.25) is 5.95 Å².